The second kappa shape index (κ2) is 3.97. The average molecular weight is 182 g/mol. The predicted octanol–water partition coefficient (Wildman–Crippen LogP) is 1.60. The first-order chi connectivity index (χ1) is 6.27. The lowest BCUT2D eigenvalue weighted by Gasteiger charge is -2.36. The van der Waals surface area contributed by atoms with Crippen LogP contribution in [-0.2, 0) is 0 Å². The Labute approximate surface area is 81.5 Å². The van der Waals surface area contributed by atoms with Gasteiger partial charge in [0.25, 0.3) is 0 Å². The molecule has 2 nitrogen and oxygen atoms in total. The molecular weight excluding hydrogens is 160 g/mol. The minimum absolute atomic E-state index is 0.453. The summed E-state index contributed by atoms with van der Waals surface area (Å²) in [6.45, 7) is 4.80. The molecule has 1 heterocycles. The second-order valence-corrected chi connectivity index (χ2v) is 4.87. The lowest BCUT2D eigenvalue weighted by atomic mass is 9.85. The van der Waals surface area contributed by atoms with Crippen LogP contribution >= 0.6 is 0 Å². The molecule has 0 spiro atoms. The summed E-state index contributed by atoms with van der Waals surface area (Å²) in [5.74, 6) is 0.902. The number of hydrogen-bond acceptors (Lipinski definition) is 2. The van der Waals surface area contributed by atoms with Crippen LogP contribution in [0.3, 0.4) is 0 Å². The van der Waals surface area contributed by atoms with Gasteiger partial charge in [-0.2, -0.15) is 0 Å². The Morgan fingerprint density at radius 3 is 2.54 bits per heavy atom. The zero-order chi connectivity index (χ0) is 9.26. The summed E-state index contributed by atoms with van der Waals surface area (Å²) >= 11 is 0. The van der Waals surface area contributed by atoms with Crippen molar-refractivity contribution < 1.29 is 0 Å². The largest absolute Gasteiger partial charge is 0.326 e. The van der Waals surface area contributed by atoms with E-state index in [0.717, 1.165) is 18.5 Å². The highest BCUT2D eigenvalue weighted by Crippen LogP contribution is 2.29. The van der Waals surface area contributed by atoms with E-state index in [9.17, 15) is 0 Å². The minimum atomic E-state index is 0.453. The Balaban J connectivity index is 1.91. The predicted molar refractivity (Wildman–Crippen MR) is 55.6 cm³/mol. The van der Waals surface area contributed by atoms with Crippen molar-refractivity contribution in [3.63, 3.8) is 0 Å². The van der Waals surface area contributed by atoms with Crippen molar-refractivity contribution in [1.82, 2.24) is 4.90 Å². The van der Waals surface area contributed by atoms with Crippen LogP contribution in [0.25, 0.3) is 0 Å². The topological polar surface area (TPSA) is 29.3 Å². The molecule has 1 saturated heterocycles. The fourth-order valence-corrected chi connectivity index (χ4v) is 2.96. The van der Waals surface area contributed by atoms with Crippen LogP contribution < -0.4 is 5.73 Å². The fraction of sp³-hybridized carbons (Fsp3) is 1.00. The first-order valence-electron chi connectivity index (χ1n) is 5.77. The van der Waals surface area contributed by atoms with Crippen LogP contribution in [0.4, 0.5) is 0 Å². The SMILES string of the molecule is CC1CCCCC1N1CCC(N)C1. The van der Waals surface area contributed by atoms with Gasteiger partial charge in [0.2, 0.25) is 0 Å². The highest BCUT2D eigenvalue weighted by molar-refractivity contribution is 4.87. The molecule has 13 heavy (non-hydrogen) atoms. The average Bonchev–Trinajstić information content (AvgIpc) is 2.53. The van der Waals surface area contributed by atoms with Crippen molar-refractivity contribution in [1.29, 1.82) is 0 Å². The van der Waals surface area contributed by atoms with Crippen LogP contribution in [-0.4, -0.2) is 30.1 Å². The van der Waals surface area contributed by atoms with E-state index < -0.39 is 0 Å². The van der Waals surface area contributed by atoms with Gasteiger partial charge in [0, 0.05) is 25.2 Å². The maximum absolute atomic E-state index is 5.94. The molecule has 2 fully saturated rings. The van der Waals surface area contributed by atoms with Gasteiger partial charge in [-0.25, -0.2) is 0 Å². The number of likely N-dealkylation sites (tertiary alicyclic amines) is 1. The van der Waals surface area contributed by atoms with Crippen LogP contribution in [0.15, 0.2) is 0 Å². The third-order valence-corrected chi connectivity index (χ3v) is 3.79. The molecule has 2 N–H and O–H groups in total. The molecule has 0 amide bonds. The van der Waals surface area contributed by atoms with Gasteiger partial charge < -0.3 is 5.73 Å². The number of hydrogen-bond donors (Lipinski definition) is 1. The van der Waals surface area contributed by atoms with E-state index in [-0.39, 0.29) is 0 Å². The molecule has 1 saturated carbocycles. The standard InChI is InChI=1S/C11H22N2/c1-9-4-2-3-5-11(9)13-7-6-10(12)8-13/h9-11H,2-8,12H2,1H3. The molecule has 0 aromatic rings. The summed E-state index contributed by atoms with van der Waals surface area (Å²) < 4.78 is 0. The van der Waals surface area contributed by atoms with E-state index in [4.69, 9.17) is 5.73 Å². The van der Waals surface area contributed by atoms with Crippen molar-refractivity contribution in [2.75, 3.05) is 13.1 Å². The molecule has 1 aliphatic carbocycles. The van der Waals surface area contributed by atoms with Gasteiger partial charge in [0.05, 0.1) is 0 Å². The maximum atomic E-state index is 5.94. The van der Waals surface area contributed by atoms with Gasteiger partial charge in [-0.1, -0.05) is 19.8 Å². The summed E-state index contributed by atoms with van der Waals surface area (Å²) in [4.78, 5) is 2.63. The number of nitrogens with zero attached hydrogens (tertiary/aromatic N) is 1. The summed E-state index contributed by atoms with van der Waals surface area (Å²) in [5, 5.41) is 0. The summed E-state index contributed by atoms with van der Waals surface area (Å²) in [6, 6.07) is 1.30. The molecule has 0 aromatic carbocycles. The number of rotatable bonds is 1. The summed E-state index contributed by atoms with van der Waals surface area (Å²) in [7, 11) is 0. The molecule has 2 heteroatoms. The van der Waals surface area contributed by atoms with Gasteiger partial charge in [-0.05, 0) is 25.2 Å². The summed E-state index contributed by atoms with van der Waals surface area (Å²) in [6.07, 6.45) is 6.92. The molecule has 3 atom stereocenters. The van der Waals surface area contributed by atoms with Crippen LogP contribution in [0.1, 0.15) is 39.0 Å². The minimum Gasteiger partial charge on any atom is -0.326 e. The van der Waals surface area contributed by atoms with Crippen molar-refractivity contribution in [3.05, 3.63) is 0 Å². The van der Waals surface area contributed by atoms with Crippen molar-refractivity contribution in [2.24, 2.45) is 11.7 Å². The van der Waals surface area contributed by atoms with Gasteiger partial charge in [0.15, 0.2) is 0 Å². The van der Waals surface area contributed by atoms with E-state index in [1.807, 2.05) is 0 Å². The summed E-state index contributed by atoms with van der Waals surface area (Å²) in [5.41, 5.74) is 5.94. The zero-order valence-corrected chi connectivity index (χ0v) is 8.71. The maximum Gasteiger partial charge on any atom is 0.0180 e. The zero-order valence-electron chi connectivity index (χ0n) is 8.71. The van der Waals surface area contributed by atoms with Crippen molar-refractivity contribution in [2.45, 2.75) is 51.1 Å². The Kier molecular flexibility index (Phi) is 2.89. The lowest BCUT2D eigenvalue weighted by Crippen LogP contribution is -2.41. The Bertz CT molecular complexity index is 169. The van der Waals surface area contributed by atoms with E-state index in [0.29, 0.717) is 6.04 Å². The smallest absolute Gasteiger partial charge is 0.0180 e. The van der Waals surface area contributed by atoms with Gasteiger partial charge in [-0.3, -0.25) is 4.90 Å². The van der Waals surface area contributed by atoms with Gasteiger partial charge in [0.1, 0.15) is 0 Å². The van der Waals surface area contributed by atoms with Gasteiger partial charge >= 0.3 is 0 Å². The highest BCUT2D eigenvalue weighted by Gasteiger charge is 2.30. The first kappa shape index (κ1) is 9.47. The molecule has 0 radical (unpaired) electrons. The Morgan fingerprint density at radius 1 is 1.15 bits per heavy atom. The molecule has 2 aliphatic rings. The van der Waals surface area contributed by atoms with Crippen LogP contribution in [0.2, 0.25) is 0 Å². The molecule has 1 aliphatic heterocycles. The molecule has 76 valence electrons. The monoisotopic (exact) mass is 182 g/mol. The van der Waals surface area contributed by atoms with Gasteiger partial charge in [-0.15, -0.1) is 0 Å². The van der Waals surface area contributed by atoms with Crippen LogP contribution in [0.5, 0.6) is 0 Å². The van der Waals surface area contributed by atoms with E-state index >= 15 is 0 Å². The molecular formula is C11H22N2. The molecule has 0 aromatic heterocycles. The van der Waals surface area contributed by atoms with E-state index in [1.54, 1.807) is 0 Å². The Hall–Kier alpha value is -0.0800. The molecule has 0 bridgehead atoms. The Morgan fingerprint density at radius 2 is 1.92 bits per heavy atom. The third-order valence-electron chi connectivity index (χ3n) is 3.79. The van der Waals surface area contributed by atoms with Crippen LogP contribution in [0, 0.1) is 5.92 Å². The van der Waals surface area contributed by atoms with Crippen molar-refractivity contribution in [3.8, 4) is 0 Å². The second-order valence-electron chi connectivity index (χ2n) is 4.87. The van der Waals surface area contributed by atoms with Crippen molar-refractivity contribution >= 4 is 0 Å². The first-order valence-corrected chi connectivity index (χ1v) is 5.77. The lowest BCUT2D eigenvalue weighted by molar-refractivity contribution is 0.137. The fourth-order valence-electron chi connectivity index (χ4n) is 2.96. The van der Waals surface area contributed by atoms with E-state index in [1.165, 1.54) is 38.6 Å². The normalized spacial score (nSPS) is 42.5. The highest BCUT2D eigenvalue weighted by atomic mass is 15.2. The third kappa shape index (κ3) is 2.05. The quantitative estimate of drug-likeness (QED) is 0.667. The van der Waals surface area contributed by atoms with E-state index in [2.05, 4.69) is 11.8 Å². The molecule has 3 unspecified atom stereocenters. The molecule has 2 rings (SSSR count). The number of nitrogens with two attached hydrogens (primary N) is 1.